The van der Waals surface area contributed by atoms with Gasteiger partial charge in [0.1, 0.15) is 6.61 Å². The van der Waals surface area contributed by atoms with Crippen LogP contribution in [0, 0.1) is 0 Å². The number of para-hydroxylation sites is 1. The highest BCUT2D eigenvalue weighted by atomic mass is 16.5. The molecule has 80 valence electrons. The molecule has 0 saturated carbocycles. The number of ether oxygens (including phenoxy) is 1. The normalized spacial score (nSPS) is 14.1. The van der Waals surface area contributed by atoms with Crippen LogP contribution < -0.4 is 5.73 Å². The molecular formula is C12H16N2O. The molecule has 2 rings (SSSR count). The molecule has 1 aromatic carbocycles. The van der Waals surface area contributed by atoms with Crippen molar-refractivity contribution in [3.8, 4) is 0 Å². The summed E-state index contributed by atoms with van der Waals surface area (Å²) in [6, 6.07) is 8.10. The fraction of sp³-hybridized carbons (Fsp3) is 0.417. The quantitative estimate of drug-likeness (QED) is 0.765. The second-order valence-electron chi connectivity index (χ2n) is 3.67. The molecule has 0 saturated heterocycles. The Bertz CT molecular complexity index is 360. The van der Waals surface area contributed by atoms with Gasteiger partial charge in [0.25, 0.3) is 0 Å². The van der Waals surface area contributed by atoms with Gasteiger partial charge >= 0.3 is 0 Å². The van der Waals surface area contributed by atoms with Crippen molar-refractivity contribution in [3.05, 3.63) is 29.8 Å². The fourth-order valence-corrected chi connectivity index (χ4v) is 1.62. The van der Waals surface area contributed by atoms with E-state index in [0.717, 1.165) is 37.4 Å². The summed E-state index contributed by atoms with van der Waals surface area (Å²) in [4.78, 5) is 4.47. The number of unbranched alkanes of at least 4 members (excludes halogenated alkanes) is 1. The molecule has 0 fully saturated rings. The van der Waals surface area contributed by atoms with Gasteiger partial charge in [0, 0.05) is 12.0 Å². The number of nitrogens with two attached hydrogens (primary N) is 1. The van der Waals surface area contributed by atoms with Crippen LogP contribution >= 0.6 is 0 Å². The third kappa shape index (κ3) is 2.57. The van der Waals surface area contributed by atoms with Crippen LogP contribution in [-0.4, -0.2) is 12.4 Å². The van der Waals surface area contributed by atoms with Crippen LogP contribution in [0.25, 0.3) is 0 Å². The van der Waals surface area contributed by atoms with Crippen molar-refractivity contribution in [1.82, 2.24) is 0 Å². The number of benzene rings is 1. The number of rotatable bonds is 4. The van der Waals surface area contributed by atoms with Gasteiger partial charge in [0.05, 0.1) is 5.69 Å². The first kappa shape index (κ1) is 10.2. The Kier molecular flexibility index (Phi) is 3.35. The minimum atomic E-state index is 0.650. The van der Waals surface area contributed by atoms with E-state index in [1.807, 2.05) is 18.2 Å². The van der Waals surface area contributed by atoms with Gasteiger partial charge in [-0.2, -0.15) is 0 Å². The monoisotopic (exact) mass is 204 g/mol. The van der Waals surface area contributed by atoms with Gasteiger partial charge in [0.15, 0.2) is 5.90 Å². The molecule has 0 radical (unpaired) electrons. The van der Waals surface area contributed by atoms with Crippen LogP contribution in [0.5, 0.6) is 0 Å². The van der Waals surface area contributed by atoms with Crippen LogP contribution in [0.15, 0.2) is 29.3 Å². The van der Waals surface area contributed by atoms with E-state index in [0.29, 0.717) is 6.61 Å². The molecule has 0 aliphatic carbocycles. The first-order valence-corrected chi connectivity index (χ1v) is 5.38. The molecule has 15 heavy (non-hydrogen) atoms. The van der Waals surface area contributed by atoms with E-state index >= 15 is 0 Å². The SMILES string of the molecule is NCCCCC1=Nc2ccccc2CO1. The Labute approximate surface area is 90.0 Å². The van der Waals surface area contributed by atoms with Crippen LogP contribution in [0.4, 0.5) is 5.69 Å². The van der Waals surface area contributed by atoms with Crippen molar-refractivity contribution in [2.24, 2.45) is 10.7 Å². The third-order valence-electron chi connectivity index (χ3n) is 2.48. The van der Waals surface area contributed by atoms with Crippen molar-refractivity contribution in [1.29, 1.82) is 0 Å². The average Bonchev–Trinajstić information content (AvgIpc) is 2.29. The van der Waals surface area contributed by atoms with E-state index in [1.165, 1.54) is 5.56 Å². The molecule has 0 aromatic heterocycles. The standard InChI is InChI=1S/C12H16N2O/c13-8-4-3-7-12-14-11-6-2-1-5-10(11)9-15-12/h1-2,5-6H,3-4,7-9,13H2. The van der Waals surface area contributed by atoms with Crippen LogP contribution in [-0.2, 0) is 11.3 Å². The number of fused-ring (bicyclic) bond motifs is 1. The van der Waals surface area contributed by atoms with Gasteiger partial charge in [-0.1, -0.05) is 18.2 Å². The van der Waals surface area contributed by atoms with Crippen LogP contribution in [0.3, 0.4) is 0 Å². The molecule has 0 unspecified atom stereocenters. The van der Waals surface area contributed by atoms with Gasteiger partial charge in [0.2, 0.25) is 0 Å². The lowest BCUT2D eigenvalue weighted by atomic mass is 10.1. The Morgan fingerprint density at radius 2 is 2.13 bits per heavy atom. The predicted octanol–water partition coefficient (Wildman–Crippen LogP) is 2.38. The van der Waals surface area contributed by atoms with Gasteiger partial charge in [-0.3, -0.25) is 0 Å². The maximum atomic E-state index is 5.56. The molecule has 3 nitrogen and oxygen atoms in total. The van der Waals surface area contributed by atoms with E-state index < -0.39 is 0 Å². The van der Waals surface area contributed by atoms with Crippen molar-refractivity contribution < 1.29 is 4.74 Å². The Morgan fingerprint density at radius 1 is 1.27 bits per heavy atom. The van der Waals surface area contributed by atoms with E-state index in [-0.39, 0.29) is 0 Å². The number of nitrogens with zero attached hydrogens (tertiary/aromatic N) is 1. The minimum absolute atomic E-state index is 0.650. The zero-order chi connectivity index (χ0) is 10.5. The molecule has 0 amide bonds. The lowest BCUT2D eigenvalue weighted by molar-refractivity contribution is 0.277. The lowest BCUT2D eigenvalue weighted by Gasteiger charge is -2.16. The summed E-state index contributed by atoms with van der Waals surface area (Å²) in [5, 5.41) is 0. The van der Waals surface area contributed by atoms with Crippen LogP contribution in [0.1, 0.15) is 24.8 Å². The number of hydrogen-bond acceptors (Lipinski definition) is 3. The van der Waals surface area contributed by atoms with E-state index in [2.05, 4.69) is 11.1 Å². The molecule has 2 N–H and O–H groups in total. The molecule has 0 spiro atoms. The number of hydrogen-bond donors (Lipinski definition) is 1. The summed E-state index contributed by atoms with van der Waals surface area (Å²) in [6.45, 7) is 1.39. The zero-order valence-corrected chi connectivity index (χ0v) is 8.78. The molecular weight excluding hydrogens is 188 g/mol. The Balaban J connectivity index is 2.02. The van der Waals surface area contributed by atoms with Gasteiger partial charge in [-0.05, 0) is 25.5 Å². The maximum absolute atomic E-state index is 5.56. The van der Waals surface area contributed by atoms with Crippen molar-refractivity contribution in [2.45, 2.75) is 25.9 Å². The van der Waals surface area contributed by atoms with Gasteiger partial charge in [-0.25, -0.2) is 4.99 Å². The molecule has 1 heterocycles. The average molecular weight is 204 g/mol. The van der Waals surface area contributed by atoms with Crippen LogP contribution in [0.2, 0.25) is 0 Å². The van der Waals surface area contributed by atoms with Gasteiger partial charge in [-0.15, -0.1) is 0 Å². The summed E-state index contributed by atoms with van der Waals surface area (Å²) in [7, 11) is 0. The highest BCUT2D eigenvalue weighted by Crippen LogP contribution is 2.24. The zero-order valence-electron chi connectivity index (χ0n) is 8.78. The molecule has 1 aliphatic rings. The van der Waals surface area contributed by atoms with Crippen molar-refractivity contribution >= 4 is 11.6 Å². The highest BCUT2D eigenvalue weighted by Gasteiger charge is 2.11. The lowest BCUT2D eigenvalue weighted by Crippen LogP contribution is -2.10. The topological polar surface area (TPSA) is 47.6 Å². The van der Waals surface area contributed by atoms with Crippen molar-refractivity contribution in [2.75, 3.05) is 6.54 Å². The minimum Gasteiger partial charge on any atom is -0.476 e. The smallest absolute Gasteiger partial charge is 0.188 e. The molecule has 1 aliphatic heterocycles. The second-order valence-corrected chi connectivity index (χ2v) is 3.67. The Morgan fingerprint density at radius 3 is 3.00 bits per heavy atom. The fourth-order valence-electron chi connectivity index (χ4n) is 1.62. The highest BCUT2D eigenvalue weighted by molar-refractivity contribution is 5.81. The first-order valence-electron chi connectivity index (χ1n) is 5.38. The summed E-state index contributed by atoms with van der Waals surface area (Å²) in [5.41, 5.74) is 7.65. The largest absolute Gasteiger partial charge is 0.476 e. The maximum Gasteiger partial charge on any atom is 0.188 e. The summed E-state index contributed by atoms with van der Waals surface area (Å²) in [5.74, 6) is 0.849. The van der Waals surface area contributed by atoms with E-state index in [4.69, 9.17) is 10.5 Å². The molecule has 1 aromatic rings. The summed E-state index contributed by atoms with van der Waals surface area (Å²) >= 11 is 0. The second kappa shape index (κ2) is 4.94. The summed E-state index contributed by atoms with van der Waals surface area (Å²) < 4.78 is 5.56. The molecule has 0 bridgehead atoms. The first-order chi connectivity index (χ1) is 7.40. The summed E-state index contributed by atoms with van der Waals surface area (Å²) in [6.07, 6.45) is 2.98. The van der Waals surface area contributed by atoms with Gasteiger partial charge < -0.3 is 10.5 Å². The van der Waals surface area contributed by atoms with Crippen molar-refractivity contribution in [3.63, 3.8) is 0 Å². The number of aliphatic imine (C=N–C) groups is 1. The third-order valence-corrected chi connectivity index (χ3v) is 2.48. The molecule has 3 heteroatoms. The van der Waals surface area contributed by atoms with E-state index in [1.54, 1.807) is 0 Å². The molecule has 0 atom stereocenters. The predicted molar refractivity (Wildman–Crippen MR) is 61.2 cm³/mol. The Hall–Kier alpha value is -1.35. The van der Waals surface area contributed by atoms with E-state index in [9.17, 15) is 0 Å².